The fraction of sp³-hybridized carbons (Fsp3) is 0.214. The lowest BCUT2D eigenvalue weighted by atomic mass is 10.2. The van der Waals surface area contributed by atoms with Crippen LogP contribution in [-0.4, -0.2) is 12.0 Å². The first-order chi connectivity index (χ1) is 8.70. The van der Waals surface area contributed by atoms with Gasteiger partial charge in [0.1, 0.15) is 0 Å². The van der Waals surface area contributed by atoms with Crippen LogP contribution >= 0.6 is 15.9 Å². The van der Waals surface area contributed by atoms with Gasteiger partial charge in [-0.05, 0) is 29.8 Å². The van der Waals surface area contributed by atoms with Crippen molar-refractivity contribution in [3.8, 4) is 0 Å². The molecule has 18 heavy (non-hydrogen) atoms. The van der Waals surface area contributed by atoms with Crippen LogP contribution in [0.4, 0.5) is 5.69 Å². The predicted molar refractivity (Wildman–Crippen MR) is 78.4 cm³/mol. The third-order valence-corrected chi connectivity index (χ3v) is 3.56. The SMILES string of the molecule is CN(Cc1ccccn1)c1ccc(CN)c(Br)c1. The summed E-state index contributed by atoms with van der Waals surface area (Å²) in [4.78, 5) is 6.49. The van der Waals surface area contributed by atoms with E-state index in [0.29, 0.717) is 6.54 Å². The van der Waals surface area contributed by atoms with Gasteiger partial charge in [-0.25, -0.2) is 0 Å². The molecule has 1 heterocycles. The Kier molecular flexibility index (Phi) is 4.33. The van der Waals surface area contributed by atoms with Gasteiger partial charge in [0, 0.05) is 29.9 Å². The number of nitrogens with zero attached hydrogens (tertiary/aromatic N) is 2. The van der Waals surface area contributed by atoms with Crippen molar-refractivity contribution in [2.45, 2.75) is 13.1 Å². The van der Waals surface area contributed by atoms with Crippen molar-refractivity contribution in [3.05, 3.63) is 58.3 Å². The molecule has 0 bridgehead atoms. The Morgan fingerprint density at radius 3 is 2.72 bits per heavy atom. The summed E-state index contributed by atoms with van der Waals surface area (Å²) in [5.74, 6) is 0. The van der Waals surface area contributed by atoms with Crippen molar-refractivity contribution < 1.29 is 0 Å². The van der Waals surface area contributed by atoms with Crippen molar-refractivity contribution in [2.75, 3.05) is 11.9 Å². The summed E-state index contributed by atoms with van der Waals surface area (Å²) in [7, 11) is 2.05. The first-order valence-electron chi connectivity index (χ1n) is 5.80. The van der Waals surface area contributed by atoms with E-state index in [1.165, 1.54) is 0 Å². The van der Waals surface area contributed by atoms with Crippen LogP contribution in [0.3, 0.4) is 0 Å². The van der Waals surface area contributed by atoms with Crippen LogP contribution in [-0.2, 0) is 13.1 Å². The van der Waals surface area contributed by atoms with Crippen molar-refractivity contribution in [2.24, 2.45) is 5.73 Å². The quantitative estimate of drug-likeness (QED) is 0.944. The van der Waals surface area contributed by atoms with Crippen LogP contribution < -0.4 is 10.6 Å². The summed E-state index contributed by atoms with van der Waals surface area (Å²) < 4.78 is 1.05. The van der Waals surface area contributed by atoms with E-state index in [1.54, 1.807) is 0 Å². The largest absolute Gasteiger partial charge is 0.369 e. The van der Waals surface area contributed by atoms with E-state index in [9.17, 15) is 0 Å². The van der Waals surface area contributed by atoms with Gasteiger partial charge in [-0.1, -0.05) is 28.1 Å². The summed E-state index contributed by atoms with van der Waals surface area (Å²) >= 11 is 3.54. The number of aromatic nitrogens is 1. The number of nitrogens with two attached hydrogens (primary N) is 1. The number of pyridine rings is 1. The highest BCUT2D eigenvalue weighted by Gasteiger charge is 2.05. The molecule has 2 aromatic rings. The maximum Gasteiger partial charge on any atom is 0.0598 e. The lowest BCUT2D eigenvalue weighted by molar-refractivity contribution is 0.883. The topological polar surface area (TPSA) is 42.2 Å². The lowest BCUT2D eigenvalue weighted by Gasteiger charge is -2.19. The van der Waals surface area contributed by atoms with Gasteiger partial charge in [-0.15, -0.1) is 0 Å². The predicted octanol–water partition coefficient (Wildman–Crippen LogP) is 2.94. The van der Waals surface area contributed by atoms with Crippen LogP contribution in [0, 0.1) is 0 Å². The second-order valence-corrected chi connectivity index (χ2v) is 5.01. The molecule has 3 nitrogen and oxygen atoms in total. The van der Waals surface area contributed by atoms with Crippen molar-refractivity contribution in [1.29, 1.82) is 0 Å². The zero-order valence-corrected chi connectivity index (χ0v) is 11.9. The van der Waals surface area contributed by atoms with Crippen LogP contribution in [0.5, 0.6) is 0 Å². The van der Waals surface area contributed by atoms with E-state index >= 15 is 0 Å². The van der Waals surface area contributed by atoms with E-state index in [-0.39, 0.29) is 0 Å². The van der Waals surface area contributed by atoms with Crippen molar-refractivity contribution in [3.63, 3.8) is 0 Å². The number of anilines is 1. The van der Waals surface area contributed by atoms with Gasteiger partial charge in [0.2, 0.25) is 0 Å². The average Bonchev–Trinajstić information content (AvgIpc) is 2.39. The normalized spacial score (nSPS) is 10.4. The fourth-order valence-corrected chi connectivity index (χ4v) is 2.29. The minimum atomic E-state index is 0.546. The van der Waals surface area contributed by atoms with E-state index in [0.717, 1.165) is 28.0 Å². The average molecular weight is 306 g/mol. The molecule has 94 valence electrons. The number of benzene rings is 1. The van der Waals surface area contributed by atoms with E-state index in [4.69, 9.17) is 5.73 Å². The summed E-state index contributed by atoms with van der Waals surface area (Å²) in [6.45, 7) is 1.33. The van der Waals surface area contributed by atoms with Crippen LogP contribution in [0.1, 0.15) is 11.3 Å². The first kappa shape index (κ1) is 13.1. The highest BCUT2D eigenvalue weighted by atomic mass is 79.9. The van der Waals surface area contributed by atoms with Gasteiger partial charge in [0.05, 0.1) is 12.2 Å². The molecule has 0 radical (unpaired) electrons. The van der Waals surface area contributed by atoms with Crippen LogP contribution in [0.2, 0.25) is 0 Å². The molecule has 0 unspecified atom stereocenters. The zero-order chi connectivity index (χ0) is 13.0. The molecule has 4 heteroatoms. The Balaban J connectivity index is 2.14. The van der Waals surface area contributed by atoms with Gasteiger partial charge in [0.25, 0.3) is 0 Å². The smallest absolute Gasteiger partial charge is 0.0598 e. The third kappa shape index (κ3) is 3.09. The van der Waals surface area contributed by atoms with E-state index in [1.807, 2.05) is 30.5 Å². The second-order valence-electron chi connectivity index (χ2n) is 4.16. The second kappa shape index (κ2) is 5.98. The Hall–Kier alpha value is -1.39. The van der Waals surface area contributed by atoms with Gasteiger partial charge in [-0.3, -0.25) is 4.98 Å². The molecule has 2 rings (SSSR count). The molecule has 1 aromatic carbocycles. The van der Waals surface area contributed by atoms with Crippen LogP contribution in [0.15, 0.2) is 47.1 Å². The molecule has 0 amide bonds. The molecular weight excluding hydrogens is 290 g/mol. The Labute approximate surface area is 116 Å². The van der Waals surface area contributed by atoms with Crippen molar-refractivity contribution in [1.82, 2.24) is 4.98 Å². The molecule has 0 aliphatic heterocycles. The molecule has 0 aliphatic carbocycles. The maximum atomic E-state index is 5.65. The molecule has 0 atom stereocenters. The number of rotatable bonds is 4. The molecule has 0 fully saturated rings. The van der Waals surface area contributed by atoms with E-state index in [2.05, 4.69) is 45.0 Å². The first-order valence-corrected chi connectivity index (χ1v) is 6.59. The number of halogens is 1. The monoisotopic (exact) mass is 305 g/mol. The lowest BCUT2D eigenvalue weighted by Crippen LogP contribution is -2.17. The highest BCUT2D eigenvalue weighted by molar-refractivity contribution is 9.10. The number of hydrogen-bond acceptors (Lipinski definition) is 3. The highest BCUT2D eigenvalue weighted by Crippen LogP contribution is 2.24. The molecule has 0 spiro atoms. The standard InChI is InChI=1S/C14H16BrN3/c1-18(10-12-4-2-3-7-17-12)13-6-5-11(9-16)14(15)8-13/h2-8H,9-10,16H2,1H3. The molecule has 2 N–H and O–H groups in total. The molecule has 1 aromatic heterocycles. The van der Waals surface area contributed by atoms with Crippen molar-refractivity contribution >= 4 is 21.6 Å². The summed E-state index contributed by atoms with van der Waals surface area (Å²) in [6.07, 6.45) is 1.82. The fourth-order valence-electron chi connectivity index (χ4n) is 1.77. The zero-order valence-electron chi connectivity index (χ0n) is 10.3. The molecule has 0 saturated carbocycles. The van der Waals surface area contributed by atoms with Gasteiger partial charge in [-0.2, -0.15) is 0 Å². The Morgan fingerprint density at radius 2 is 2.11 bits per heavy atom. The molecular formula is C14H16BrN3. The third-order valence-electron chi connectivity index (χ3n) is 2.82. The number of hydrogen-bond donors (Lipinski definition) is 1. The summed E-state index contributed by atoms with van der Waals surface area (Å²) in [6, 6.07) is 12.2. The molecule has 0 aliphatic rings. The Morgan fingerprint density at radius 1 is 1.28 bits per heavy atom. The Bertz CT molecular complexity index is 514. The minimum Gasteiger partial charge on any atom is -0.369 e. The minimum absolute atomic E-state index is 0.546. The van der Waals surface area contributed by atoms with E-state index < -0.39 is 0 Å². The maximum absolute atomic E-state index is 5.65. The van der Waals surface area contributed by atoms with Gasteiger partial charge < -0.3 is 10.6 Å². The molecule has 0 saturated heterocycles. The summed E-state index contributed by atoms with van der Waals surface area (Å²) in [5.41, 5.74) is 8.96. The summed E-state index contributed by atoms with van der Waals surface area (Å²) in [5, 5.41) is 0. The van der Waals surface area contributed by atoms with Crippen LogP contribution in [0.25, 0.3) is 0 Å². The van der Waals surface area contributed by atoms with Gasteiger partial charge in [0.15, 0.2) is 0 Å². The van der Waals surface area contributed by atoms with Gasteiger partial charge >= 0.3 is 0 Å².